The van der Waals surface area contributed by atoms with Crippen LogP contribution in [0.3, 0.4) is 0 Å². The van der Waals surface area contributed by atoms with Crippen molar-refractivity contribution in [1.82, 2.24) is 0 Å². The lowest BCUT2D eigenvalue weighted by Gasteiger charge is -2.14. The minimum absolute atomic E-state index is 0.206. The van der Waals surface area contributed by atoms with Crippen LogP contribution in [0.25, 0.3) is 0 Å². The average Bonchev–Trinajstić information content (AvgIpc) is 2.33. The summed E-state index contributed by atoms with van der Waals surface area (Å²) >= 11 is 15.3. The van der Waals surface area contributed by atoms with Crippen LogP contribution >= 0.6 is 39.1 Å². The third-order valence-electron chi connectivity index (χ3n) is 2.74. The first kappa shape index (κ1) is 14.8. The van der Waals surface area contributed by atoms with Crippen LogP contribution in [0.15, 0.2) is 40.9 Å². The second-order valence-electron chi connectivity index (χ2n) is 4.12. The van der Waals surface area contributed by atoms with Crippen molar-refractivity contribution in [2.45, 2.75) is 12.5 Å². The normalized spacial score (nSPS) is 12.5. The van der Waals surface area contributed by atoms with Gasteiger partial charge in [0.05, 0.1) is 6.10 Å². The molecule has 0 aliphatic rings. The van der Waals surface area contributed by atoms with Gasteiger partial charge in [0.2, 0.25) is 0 Å². The highest BCUT2D eigenvalue weighted by Crippen LogP contribution is 2.30. The molecule has 1 nitrogen and oxygen atoms in total. The molecule has 5 heteroatoms. The molecule has 0 fully saturated rings. The van der Waals surface area contributed by atoms with Gasteiger partial charge in [0.1, 0.15) is 5.82 Å². The van der Waals surface area contributed by atoms with Gasteiger partial charge in [-0.25, -0.2) is 4.39 Å². The Hall–Kier alpha value is -0.610. The van der Waals surface area contributed by atoms with Crippen LogP contribution in [0, 0.1) is 5.82 Å². The van der Waals surface area contributed by atoms with Crippen LogP contribution in [0.1, 0.15) is 17.2 Å². The van der Waals surface area contributed by atoms with Crippen molar-refractivity contribution in [3.63, 3.8) is 0 Å². The van der Waals surface area contributed by atoms with Crippen LogP contribution in [0.4, 0.5) is 4.39 Å². The van der Waals surface area contributed by atoms with E-state index in [2.05, 4.69) is 15.9 Å². The number of benzene rings is 2. The molecule has 0 radical (unpaired) electrons. The predicted octanol–water partition coefficient (Wildman–Crippen LogP) is 5.17. The van der Waals surface area contributed by atoms with E-state index in [9.17, 15) is 9.50 Å². The molecule has 0 heterocycles. The molecule has 2 aromatic carbocycles. The summed E-state index contributed by atoms with van der Waals surface area (Å²) in [5, 5.41) is 11.1. The summed E-state index contributed by atoms with van der Waals surface area (Å²) in [5.74, 6) is -0.381. The summed E-state index contributed by atoms with van der Waals surface area (Å²) in [7, 11) is 0. The van der Waals surface area contributed by atoms with Crippen molar-refractivity contribution in [3.8, 4) is 0 Å². The molecule has 0 saturated carbocycles. The van der Waals surface area contributed by atoms with E-state index >= 15 is 0 Å². The van der Waals surface area contributed by atoms with E-state index in [1.165, 1.54) is 18.2 Å². The third kappa shape index (κ3) is 3.69. The Morgan fingerprint density at radius 2 is 1.84 bits per heavy atom. The van der Waals surface area contributed by atoms with Crippen LogP contribution in [-0.4, -0.2) is 5.11 Å². The Kier molecular flexibility index (Phi) is 4.85. The van der Waals surface area contributed by atoms with E-state index in [1.54, 1.807) is 18.2 Å². The van der Waals surface area contributed by atoms with E-state index < -0.39 is 6.10 Å². The minimum atomic E-state index is -0.833. The van der Waals surface area contributed by atoms with Gasteiger partial charge in [-0.1, -0.05) is 45.2 Å². The zero-order valence-corrected chi connectivity index (χ0v) is 12.8. The maximum atomic E-state index is 13.2. The van der Waals surface area contributed by atoms with Gasteiger partial charge in [0.25, 0.3) is 0 Å². The van der Waals surface area contributed by atoms with E-state index in [4.69, 9.17) is 23.2 Å². The molecule has 0 spiro atoms. The molecular weight excluding hydrogens is 354 g/mol. The van der Waals surface area contributed by atoms with Crippen molar-refractivity contribution in [2.24, 2.45) is 0 Å². The Morgan fingerprint density at radius 1 is 1.11 bits per heavy atom. The first-order valence-corrected chi connectivity index (χ1v) is 7.09. The number of aliphatic hydroxyl groups is 1. The summed E-state index contributed by atoms with van der Waals surface area (Å²) in [4.78, 5) is 0. The smallest absolute Gasteiger partial charge is 0.123 e. The van der Waals surface area contributed by atoms with Gasteiger partial charge in [0.15, 0.2) is 0 Å². The van der Waals surface area contributed by atoms with E-state index in [-0.39, 0.29) is 12.2 Å². The predicted molar refractivity (Wildman–Crippen MR) is 79.2 cm³/mol. The fourth-order valence-corrected chi connectivity index (χ4v) is 2.78. The maximum Gasteiger partial charge on any atom is 0.123 e. The summed E-state index contributed by atoms with van der Waals surface area (Å²) in [6, 6.07) is 9.29. The summed E-state index contributed by atoms with van der Waals surface area (Å²) in [6.45, 7) is 0. The number of rotatable bonds is 3. The van der Waals surface area contributed by atoms with Crippen LogP contribution < -0.4 is 0 Å². The highest BCUT2D eigenvalue weighted by atomic mass is 79.9. The molecule has 1 unspecified atom stereocenters. The monoisotopic (exact) mass is 362 g/mol. The van der Waals surface area contributed by atoms with Crippen LogP contribution in [0.5, 0.6) is 0 Å². The molecule has 2 rings (SSSR count). The molecule has 19 heavy (non-hydrogen) atoms. The molecule has 100 valence electrons. The summed E-state index contributed by atoms with van der Waals surface area (Å²) in [5.41, 5.74) is 1.14. The Morgan fingerprint density at radius 3 is 2.53 bits per heavy atom. The zero-order chi connectivity index (χ0) is 14.0. The number of aliphatic hydroxyl groups excluding tert-OH is 1. The third-order valence-corrected chi connectivity index (χ3v) is 3.93. The van der Waals surface area contributed by atoms with Crippen molar-refractivity contribution < 1.29 is 9.50 Å². The lowest BCUT2D eigenvalue weighted by atomic mass is 10.0. The lowest BCUT2D eigenvalue weighted by molar-refractivity contribution is 0.178. The highest BCUT2D eigenvalue weighted by molar-refractivity contribution is 9.10. The molecule has 0 saturated heterocycles. The molecule has 1 atom stereocenters. The van der Waals surface area contributed by atoms with Gasteiger partial charge in [0, 0.05) is 20.9 Å². The van der Waals surface area contributed by atoms with E-state index in [1.807, 2.05) is 0 Å². The van der Waals surface area contributed by atoms with Gasteiger partial charge in [-0.05, 0) is 41.5 Å². The maximum absolute atomic E-state index is 13.2. The first-order valence-electron chi connectivity index (χ1n) is 5.54. The van der Waals surface area contributed by atoms with Gasteiger partial charge < -0.3 is 5.11 Å². The Balaban J connectivity index is 2.25. The van der Waals surface area contributed by atoms with E-state index in [0.29, 0.717) is 21.2 Å². The average molecular weight is 364 g/mol. The minimum Gasteiger partial charge on any atom is -0.388 e. The first-order chi connectivity index (χ1) is 8.97. The molecule has 2 aromatic rings. The van der Waals surface area contributed by atoms with Gasteiger partial charge in [-0.2, -0.15) is 0 Å². The Bertz CT molecular complexity index is 604. The van der Waals surface area contributed by atoms with Crippen molar-refractivity contribution in [1.29, 1.82) is 0 Å². The topological polar surface area (TPSA) is 20.2 Å². The Labute approximate surface area is 129 Å². The molecule has 0 aliphatic heterocycles. The summed E-state index contributed by atoms with van der Waals surface area (Å²) < 4.78 is 14.0. The van der Waals surface area contributed by atoms with Crippen molar-refractivity contribution in [3.05, 3.63) is 67.9 Å². The number of hydrogen-bond donors (Lipinski definition) is 1. The molecule has 0 aliphatic carbocycles. The number of halogens is 4. The van der Waals surface area contributed by atoms with Gasteiger partial charge >= 0.3 is 0 Å². The second kappa shape index (κ2) is 6.23. The van der Waals surface area contributed by atoms with Gasteiger partial charge in [-0.15, -0.1) is 0 Å². The standard InChI is InChI=1S/C14H10BrCl2FO/c15-9-1-3-11(13(17)7-9)14(19)6-8-5-10(18)2-4-12(8)16/h1-5,7,14,19H,6H2. The van der Waals surface area contributed by atoms with E-state index in [0.717, 1.165) is 4.47 Å². The molecule has 0 aromatic heterocycles. The largest absolute Gasteiger partial charge is 0.388 e. The van der Waals surface area contributed by atoms with Crippen LogP contribution in [0.2, 0.25) is 10.0 Å². The van der Waals surface area contributed by atoms with Gasteiger partial charge in [-0.3, -0.25) is 0 Å². The fourth-order valence-electron chi connectivity index (χ4n) is 1.79. The van der Waals surface area contributed by atoms with Crippen LogP contribution in [-0.2, 0) is 6.42 Å². The zero-order valence-electron chi connectivity index (χ0n) is 9.71. The number of hydrogen-bond acceptors (Lipinski definition) is 1. The quantitative estimate of drug-likeness (QED) is 0.797. The molecular formula is C14H10BrCl2FO. The second-order valence-corrected chi connectivity index (χ2v) is 5.85. The fraction of sp³-hybridized carbons (Fsp3) is 0.143. The molecule has 0 amide bonds. The SMILES string of the molecule is OC(Cc1cc(F)ccc1Cl)c1ccc(Br)cc1Cl. The van der Waals surface area contributed by atoms with Crippen molar-refractivity contribution in [2.75, 3.05) is 0 Å². The summed E-state index contributed by atoms with van der Waals surface area (Å²) in [6.07, 6.45) is -0.627. The molecule has 0 bridgehead atoms. The lowest BCUT2D eigenvalue weighted by Crippen LogP contribution is -2.03. The van der Waals surface area contributed by atoms with Crippen molar-refractivity contribution >= 4 is 39.1 Å². The molecule has 1 N–H and O–H groups in total. The highest BCUT2D eigenvalue weighted by Gasteiger charge is 2.14.